The van der Waals surface area contributed by atoms with E-state index in [0.29, 0.717) is 0 Å². The Morgan fingerprint density at radius 1 is 0.455 bits per heavy atom. The van der Waals surface area contributed by atoms with E-state index in [4.69, 9.17) is 0 Å². The van der Waals surface area contributed by atoms with Crippen LogP contribution in [0.1, 0.15) is 117 Å². The van der Waals surface area contributed by atoms with Crippen LogP contribution in [0.4, 0.5) is 0 Å². The zero-order chi connectivity index (χ0) is 16.1. The van der Waals surface area contributed by atoms with Crippen LogP contribution in [0, 0.1) is 0 Å². The summed E-state index contributed by atoms with van der Waals surface area (Å²) in [6.07, 6.45) is 25.2. The lowest BCUT2D eigenvalue weighted by Crippen LogP contribution is -1.82. The van der Waals surface area contributed by atoms with Crippen LogP contribution in [0.15, 0.2) is 10.2 Å². The monoisotopic (exact) mass is 308 g/mol. The topological polar surface area (TPSA) is 24.7 Å². The summed E-state index contributed by atoms with van der Waals surface area (Å²) in [5, 5.41) is 8.24. The minimum absolute atomic E-state index is 1.09. The third kappa shape index (κ3) is 19.3. The summed E-state index contributed by atoms with van der Waals surface area (Å²) in [6, 6.07) is 0. The van der Waals surface area contributed by atoms with E-state index in [2.05, 4.69) is 24.1 Å². The maximum Gasteiger partial charge on any atom is 0.0270 e. The molecular weight excluding hydrogens is 268 g/mol. The molecule has 0 atom stereocenters. The molecule has 0 radical (unpaired) electrons. The summed E-state index contributed by atoms with van der Waals surface area (Å²) in [7, 11) is 0. The maximum absolute atomic E-state index is 4.12. The molecule has 0 amide bonds. The van der Waals surface area contributed by atoms with E-state index in [0.717, 1.165) is 12.8 Å². The Bertz CT molecular complexity index is 220. The Balaban J connectivity index is 3.15. The number of hydrogen-bond acceptors (Lipinski definition) is 2. The second-order valence-corrected chi connectivity index (χ2v) is 6.42. The first-order chi connectivity index (χ1) is 10.9. The fourth-order valence-corrected chi connectivity index (χ4v) is 2.60. The lowest BCUT2D eigenvalue weighted by atomic mass is 10.1. The molecule has 0 saturated heterocycles. The summed E-state index contributed by atoms with van der Waals surface area (Å²) < 4.78 is 0. The zero-order valence-electron chi connectivity index (χ0n) is 15.4. The molecule has 22 heavy (non-hydrogen) atoms. The smallest absolute Gasteiger partial charge is 0.0270 e. The van der Waals surface area contributed by atoms with Crippen molar-refractivity contribution in [3.05, 3.63) is 0 Å². The molecule has 0 fully saturated rings. The highest BCUT2D eigenvalue weighted by molar-refractivity contribution is 5.61. The van der Waals surface area contributed by atoms with Gasteiger partial charge in [-0.15, -0.1) is 0 Å². The van der Waals surface area contributed by atoms with Gasteiger partial charge in [0.15, 0.2) is 0 Å². The van der Waals surface area contributed by atoms with Gasteiger partial charge in [-0.05, 0) is 25.7 Å². The second-order valence-electron chi connectivity index (χ2n) is 6.42. The van der Waals surface area contributed by atoms with Gasteiger partial charge in [-0.1, -0.05) is 90.9 Å². The van der Waals surface area contributed by atoms with Gasteiger partial charge in [-0.2, -0.15) is 10.2 Å². The quantitative estimate of drug-likeness (QED) is 0.153. The SMILES string of the molecule is CCCCCCCCC/C=N\N=C/CCCCCCCCC. The molecule has 0 bridgehead atoms. The molecule has 0 aliphatic rings. The maximum atomic E-state index is 4.12. The van der Waals surface area contributed by atoms with Crippen molar-refractivity contribution in [3.63, 3.8) is 0 Å². The Labute approximate surface area is 139 Å². The molecule has 0 saturated carbocycles. The third-order valence-corrected chi connectivity index (χ3v) is 4.10. The van der Waals surface area contributed by atoms with Crippen molar-refractivity contribution < 1.29 is 0 Å². The molecule has 0 aliphatic carbocycles. The van der Waals surface area contributed by atoms with Crippen LogP contribution >= 0.6 is 0 Å². The van der Waals surface area contributed by atoms with Gasteiger partial charge in [-0.3, -0.25) is 0 Å². The molecular formula is C20H40N2. The van der Waals surface area contributed by atoms with Gasteiger partial charge in [-0.25, -0.2) is 0 Å². The van der Waals surface area contributed by atoms with Crippen molar-refractivity contribution >= 4 is 12.4 Å². The van der Waals surface area contributed by atoms with Crippen LogP contribution in [0.25, 0.3) is 0 Å². The summed E-state index contributed by atoms with van der Waals surface area (Å²) in [5.41, 5.74) is 0. The Morgan fingerprint density at radius 3 is 1.14 bits per heavy atom. The summed E-state index contributed by atoms with van der Waals surface area (Å²) in [6.45, 7) is 4.54. The predicted molar refractivity (Wildman–Crippen MR) is 102 cm³/mol. The van der Waals surface area contributed by atoms with Crippen LogP contribution < -0.4 is 0 Å². The highest BCUT2D eigenvalue weighted by atomic mass is 15.2. The van der Waals surface area contributed by atoms with E-state index in [9.17, 15) is 0 Å². The number of nitrogens with zero attached hydrogens (tertiary/aromatic N) is 2. The van der Waals surface area contributed by atoms with E-state index in [1.165, 1.54) is 89.9 Å². The second kappa shape index (κ2) is 20.3. The van der Waals surface area contributed by atoms with E-state index >= 15 is 0 Å². The van der Waals surface area contributed by atoms with Crippen molar-refractivity contribution in [2.75, 3.05) is 0 Å². The standard InChI is InChI=1S/C20H40N2/c1-3-5-7-9-11-13-15-17-19-21-22-20-18-16-14-12-10-8-6-4-2/h19-20H,3-18H2,1-2H3/b21-19-,22-20-. The van der Waals surface area contributed by atoms with Gasteiger partial charge in [0.05, 0.1) is 0 Å². The average Bonchev–Trinajstić information content (AvgIpc) is 2.54. The molecule has 0 aromatic rings. The normalized spacial score (nSPS) is 11.9. The van der Waals surface area contributed by atoms with Crippen molar-refractivity contribution in [2.45, 2.75) is 117 Å². The highest BCUT2D eigenvalue weighted by Gasteiger charge is 1.90. The van der Waals surface area contributed by atoms with Gasteiger partial charge in [0.25, 0.3) is 0 Å². The van der Waals surface area contributed by atoms with E-state index in [-0.39, 0.29) is 0 Å². The molecule has 2 heteroatoms. The lowest BCUT2D eigenvalue weighted by molar-refractivity contribution is 0.595. The van der Waals surface area contributed by atoms with E-state index in [1.807, 2.05) is 12.4 Å². The molecule has 0 aromatic heterocycles. The number of unbranched alkanes of at least 4 members (excludes halogenated alkanes) is 14. The molecule has 0 rings (SSSR count). The van der Waals surface area contributed by atoms with Gasteiger partial charge >= 0.3 is 0 Å². The first-order valence-electron chi connectivity index (χ1n) is 9.95. The minimum atomic E-state index is 1.09. The molecule has 0 N–H and O–H groups in total. The summed E-state index contributed by atoms with van der Waals surface area (Å²) in [5.74, 6) is 0. The molecule has 0 aliphatic heterocycles. The van der Waals surface area contributed by atoms with Crippen molar-refractivity contribution in [1.82, 2.24) is 0 Å². The minimum Gasteiger partial charge on any atom is -0.164 e. The van der Waals surface area contributed by atoms with Crippen LogP contribution in [-0.4, -0.2) is 12.4 Å². The largest absolute Gasteiger partial charge is 0.164 e. The average molecular weight is 309 g/mol. The number of rotatable bonds is 17. The van der Waals surface area contributed by atoms with Crippen LogP contribution in [0.2, 0.25) is 0 Å². The van der Waals surface area contributed by atoms with Gasteiger partial charge < -0.3 is 0 Å². The summed E-state index contributed by atoms with van der Waals surface area (Å²) in [4.78, 5) is 0. The molecule has 0 unspecified atom stereocenters. The Kier molecular flexibility index (Phi) is 19.7. The molecule has 0 heterocycles. The summed E-state index contributed by atoms with van der Waals surface area (Å²) >= 11 is 0. The highest BCUT2D eigenvalue weighted by Crippen LogP contribution is 2.08. The fraction of sp³-hybridized carbons (Fsp3) is 0.900. The van der Waals surface area contributed by atoms with Gasteiger partial charge in [0.1, 0.15) is 0 Å². The van der Waals surface area contributed by atoms with Crippen LogP contribution in [0.3, 0.4) is 0 Å². The first kappa shape index (κ1) is 21.3. The van der Waals surface area contributed by atoms with Crippen molar-refractivity contribution in [2.24, 2.45) is 10.2 Å². The zero-order valence-corrected chi connectivity index (χ0v) is 15.4. The molecule has 0 aromatic carbocycles. The molecule has 2 nitrogen and oxygen atoms in total. The van der Waals surface area contributed by atoms with Crippen LogP contribution in [0.5, 0.6) is 0 Å². The van der Waals surface area contributed by atoms with Crippen molar-refractivity contribution in [3.8, 4) is 0 Å². The van der Waals surface area contributed by atoms with E-state index < -0.39 is 0 Å². The van der Waals surface area contributed by atoms with Crippen LogP contribution in [-0.2, 0) is 0 Å². The third-order valence-electron chi connectivity index (χ3n) is 4.10. The number of hydrogen-bond donors (Lipinski definition) is 0. The van der Waals surface area contributed by atoms with Gasteiger partial charge in [0.2, 0.25) is 0 Å². The van der Waals surface area contributed by atoms with Crippen molar-refractivity contribution in [1.29, 1.82) is 0 Å². The van der Waals surface area contributed by atoms with Gasteiger partial charge in [0, 0.05) is 12.4 Å². The Hall–Kier alpha value is -0.660. The predicted octanol–water partition coefficient (Wildman–Crippen LogP) is 7.32. The first-order valence-corrected chi connectivity index (χ1v) is 9.95. The molecule has 130 valence electrons. The molecule has 0 spiro atoms. The Morgan fingerprint density at radius 2 is 0.773 bits per heavy atom. The lowest BCUT2D eigenvalue weighted by Gasteiger charge is -1.98. The van der Waals surface area contributed by atoms with E-state index in [1.54, 1.807) is 0 Å². The fourth-order valence-electron chi connectivity index (χ4n) is 2.60.